The van der Waals surface area contributed by atoms with Gasteiger partial charge in [0.2, 0.25) is 0 Å². The molecule has 4 aliphatic heterocycles. The highest BCUT2D eigenvalue weighted by molar-refractivity contribution is 7.91. The van der Waals surface area contributed by atoms with E-state index in [4.69, 9.17) is 23.7 Å². The molecule has 0 saturated carbocycles. The Morgan fingerprint density at radius 1 is 0.889 bits per heavy atom. The van der Waals surface area contributed by atoms with E-state index in [0.717, 1.165) is 56.9 Å². The molecule has 4 aliphatic rings. The van der Waals surface area contributed by atoms with Crippen molar-refractivity contribution in [3.63, 3.8) is 0 Å². The van der Waals surface area contributed by atoms with Gasteiger partial charge in [0.05, 0.1) is 60.5 Å². The standard InChI is InChI=1S/C37H56O7S/c1-7-24(2)19-34-28(6)32(23-45(38,39)31-11-9-8-10-12-31)36(44-34)22-35-27(5)25(3)20-29(43-35)13-15-33-26(4)21-30(42-33)14-16-37-40-17-18-41-37/h8-12,24-25,28-30,32-37H,4-5,7,13-23H2,1-3,6H3/t24-,25+,28+,29+,30+,32-,33+,34-,35-,36+/m1/s1. The van der Waals surface area contributed by atoms with Crippen LogP contribution in [-0.4, -0.2) is 70.3 Å². The maximum atomic E-state index is 13.6. The molecule has 0 bridgehead atoms. The van der Waals surface area contributed by atoms with E-state index >= 15 is 0 Å². The van der Waals surface area contributed by atoms with Crippen molar-refractivity contribution in [2.24, 2.45) is 23.7 Å². The predicted octanol–water partition coefficient (Wildman–Crippen LogP) is 7.30. The summed E-state index contributed by atoms with van der Waals surface area (Å²) in [5, 5.41) is 0. The van der Waals surface area contributed by atoms with Gasteiger partial charge in [0.25, 0.3) is 0 Å². The Hall–Kier alpha value is -1.55. The minimum Gasteiger partial charge on any atom is -0.374 e. The molecule has 0 aromatic heterocycles. The molecule has 0 spiro atoms. The van der Waals surface area contributed by atoms with Gasteiger partial charge < -0.3 is 23.7 Å². The maximum Gasteiger partial charge on any atom is 0.178 e. The van der Waals surface area contributed by atoms with E-state index < -0.39 is 9.84 Å². The molecule has 8 heteroatoms. The normalized spacial score (nSPS) is 35.3. The fourth-order valence-electron chi connectivity index (χ4n) is 7.68. The molecule has 45 heavy (non-hydrogen) atoms. The molecule has 4 heterocycles. The molecule has 7 nitrogen and oxygen atoms in total. The highest BCUT2D eigenvalue weighted by atomic mass is 32.2. The van der Waals surface area contributed by atoms with Gasteiger partial charge in [-0.3, -0.25) is 0 Å². The van der Waals surface area contributed by atoms with E-state index in [1.165, 1.54) is 5.57 Å². The zero-order chi connectivity index (χ0) is 32.1. The Kier molecular flexibility index (Phi) is 12.0. The molecular weight excluding hydrogens is 588 g/mol. The fraction of sp³-hybridized carbons (Fsp3) is 0.730. The SMILES string of the molecule is C=C1C[C@H](CCC2OCCO2)O[C@H]1CC[C@H]1C[C@H](C)C(=C)[C@@H](C[C@@H]2O[C@H](C[C@H](C)CC)[C@@H](C)[C@H]2CS(=O)(=O)c2ccccc2)O1. The zero-order valence-electron chi connectivity index (χ0n) is 27.9. The van der Waals surface area contributed by atoms with Crippen molar-refractivity contribution < 1.29 is 32.1 Å². The third-order valence-corrected chi connectivity index (χ3v) is 12.7. The van der Waals surface area contributed by atoms with E-state index in [0.29, 0.717) is 36.4 Å². The van der Waals surface area contributed by atoms with Crippen molar-refractivity contribution in [1.82, 2.24) is 0 Å². The molecular formula is C37H56O7S. The first-order valence-corrected chi connectivity index (χ1v) is 19.0. The largest absolute Gasteiger partial charge is 0.374 e. The van der Waals surface area contributed by atoms with Gasteiger partial charge in [-0.05, 0) is 79.6 Å². The molecule has 0 N–H and O–H groups in total. The zero-order valence-corrected chi connectivity index (χ0v) is 28.7. The lowest BCUT2D eigenvalue weighted by Gasteiger charge is -2.38. The summed E-state index contributed by atoms with van der Waals surface area (Å²) < 4.78 is 58.2. The average molecular weight is 645 g/mol. The number of hydrogen-bond donors (Lipinski definition) is 0. The smallest absolute Gasteiger partial charge is 0.178 e. The van der Waals surface area contributed by atoms with Gasteiger partial charge in [-0.25, -0.2) is 8.42 Å². The number of rotatable bonds is 14. The molecule has 4 fully saturated rings. The summed E-state index contributed by atoms with van der Waals surface area (Å²) in [4.78, 5) is 0.381. The highest BCUT2D eigenvalue weighted by Gasteiger charge is 2.46. The lowest BCUT2D eigenvalue weighted by atomic mass is 9.81. The van der Waals surface area contributed by atoms with Crippen molar-refractivity contribution in [3.8, 4) is 0 Å². The summed E-state index contributed by atoms with van der Waals surface area (Å²) in [6.07, 6.45) is 7.90. The third-order valence-electron chi connectivity index (χ3n) is 10.9. The average Bonchev–Trinajstić information content (AvgIpc) is 3.74. The quantitative estimate of drug-likeness (QED) is 0.197. The van der Waals surface area contributed by atoms with Gasteiger partial charge in [0.1, 0.15) is 0 Å². The molecule has 0 amide bonds. The van der Waals surface area contributed by atoms with Gasteiger partial charge in [-0.15, -0.1) is 0 Å². The minimum atomic E-state index is -3.46. The monoisotopic (exact) mass is 644 g/mol. The minimum absolute atomic E-state index is 0.0382. The van der Waals surface area contributed by atoms with Crippen molar-refractivity contribution >= 4 is 9.84 Å². The Labute approximate surface area is 272 Å². The van der Waals surface area contributed by atoms with Crippen LogP contribution in [0.1, 0.15) is 85.5 Å². The van der Waals surface area contributed by atoms with Crippen molar-refractivity contribution in [3.05, 3.63) is 54.6 Å². The van der Waals surface area contributed by atoms with Crippen LogP contribution >= 0.6 is 0 Å². The number of benzene rings is 1. The summed E-state index contributed by atoms with van der Waals surface area (Å²) in [5.74, 6) is 0.951. The van der Waals surface area contributed by atoms with E-state index in [1.807, 2.05) is 6.07 Å². The van der Waals surface area contributed by atoms with Crippen LogP contribution in [0.25, 0.3) is 0 Å². The van der Waals surface area contributed by atoms with Crippen LogP contribution < -0.4 is 0 Å². The topological polar surface area (TPSA) is 80.3 Å². The molecule has 1 aromatic carbocycles. The fourth-order valence-corrected chi connectivity index (χ4v) is 9.47. The molecule has 10 atom stereocenters. The molecule has 1 aromatic rings. The maximum absolute atomic E-state index is 13.6. The molecule has 0 radical (unpaired) electrons. The van der Waals surface area contributed by atoms with Crippen LogP contribution in [0.15, 0.2) is 59.5 Å². The summed E-state index contributed by atoms with van der Waals surface area (Å²) in [6.45, 7) is 19.0. The van der Waals surface area contributed by atoms with E-state index in [2.05, 4.69) is 40.9 Å². The first kappa shape index (κ1) is 34.8. The van der Waals surface area contributed by atoms with Crippen LogP contribution in [0.4, 0.5) is 0 Å². The highest BCUT2D eigenvalue weighted by Crippen LogP contribution is 2.43. The second-order valence-electron chi connectivity index (χ2n) is 14.2. The first-order chi connectivity index (χ1) is 21.5. The summed E-state index contributed by atoms with van der Waals surface area (Å²) in [6, 6.07) is 8.83. The third kappa shape index (κ3) is 8.88. The van der Waals surface area contributed by atoms with Gasteiger partial charge in [0.15, 0.2) is 16.1 Å². The summed E-state index contributed by atoms with van der Waals surface area (Å²) in [5.41, 5.74) is 2.26. The summed E-state index contributed by atoms with van der Waals surface area (Å²) in [7, 11) is -3.46. The molecule has 4 saturated heterocycles. The second-order valence-corrected chi connectivity index (χ2v) is 16.2. The van der Waals surface area contributed by atoms with E-state index in [-0.39, 0.29) is 60.5 Å². The van der Waals surface area contributed by atoms with E-state index in [9.17, 15) is 8.42 Å². The van der Waals surface area contributed by atoms with Gasteiger partial charge in [-0.1, -0.05) is 65.5 Å². The Morgan fingerprint density at radius 3 is 2.29 bits per heavy atom. The van der Waals surface area contributed by atoms with Crippen LogP contribution in [0, 0.1) is 23.7 Å². The van der Waals surface area contributed by atoms with Gasteiger partial charge in [-0.2, -0.15) is 0 Å². The first-order valence-electron chi connectivity index (χ1n) is 17.4. The molecule has 0 unspecified atom stereocenters. The van der Waals surface area contributed by atoms with Crippen molar-refractivity contribution in [1.29, 1.82) is 0 Å². The Balaban J connectivity index is 1.20. The lowest BCUT2D eigenvalue weighted by molar-refractivity contribution is -0.0752. The van der Waals surface area contributed by atoms with Gasteiger partial charge >= 0.3 is 0 Å². The number of hydrogen-bond acceptors (Lipinski definition) is 7. The lowest BCUT2D eigenvalue weighted by Crippen LogP contribution is -2.38. The van der Waals surface area contributed by atoms with Crippen LogP contribution in [0.5, 0.6) is 0 Å². The number of ether oxygens (including phenoxy) is 5. The Morgan fingerprint density at radius 2 is 1.58 bits per heavy atom. The molecule has 0 aliphatic carbocycles. The molecule has 5 rings (SSSR count). The Bertz CT molecular complexity index is 1230. The van der Waals surface area contributed by atoms with Gasteiger partial charge in [0, 0.05) is 18.8 Å². The predicted molar refractivity (Wildman–Crippen MR) is 177 cm³/mol. The van der Waals surface area contributed by atoms with Crippen LogP contribution in [0.3, 0.4) is 0 Å². The summed E-state index contributed by atoms with van der Waals surface area (Å²) >= 11 is 0. The number of sulfone groups is 1. The van der Waals surface area contributed by atoms with Crippen LogP contribution in [0.2, 0.25) is 0 Å². The molecule has 252 valence electrons. The van der Waals surface area contributed by atoms with Crippen molar-refractivity contribution in [2.45, 2.75) is 133 Å². The van der Waals surface area contributed by atoms with Crippen LogP contribution in [-0.2, 0) is 33.5 Å². The van der Waals surface area contributed by atoms with E-state index in [1.54, 1.807) is 24.3 Å². The second kappa shape index (κ2) is 15.6. The van der Waals surface area contributed by atoms with Crippen molar-refractivity contribution in [2.75, 3.05) is 19.0 Å².